The lowest BCUT2D eigenvalue weighted by molar-refractivity contribution is 0.529. The molecular weight excluding hydrogens is 276 g/mol. The maximum absolute atomic E-state index is 12.1. The highest BCUT2D eigenvalue weighted by Gasteiger charge is 2.38. The molecule has 2 N–H and O–H groups in total. The van der Waals surface area contributed by atoms with Crippen molar-refractivity contribution in [2.24, 2.45) is 5.41 Å². The van der Waals surface area contributed by atoms with Crippen molar-refractivity contribution in [2.75, 3.05) is 19.6 Å². The van der Waals surface area contributed by atoms with E-state index >= 15 is 0 Å². The number of nitrogens with zero attached hydrogens (tertiary/aromatic N) is 2. The normalized spacial score (nSPS) is 17.3. The van der Waals surface area contributed by atoms with Gasteiger partial charge in [0.2, 0.25) is 10.0 Å². The van der Waals surface area contributed by atoms with Crippen molar-refractivity contribution in [2.45, 2.75) is 44.6 Å². The van der Waals surface area contributed by atoms with E-state index in [4.69, 9.17) is 0 Å². The molecule has 7 heteroatoms. The van der Waals surface area contributed by atoms with Gasteiger partial charge in [0, 0.05) is 19.3 Å². The van der Waals surface area contributed by atoms with E-state index in [1.54, 1.807) is 10.9 Å². The van der Waals surface area contributed by atoms with E-state index in [0.29, 0.717) is 13.1 Å². The molecule has 1 saturated carbocycles. The lowest BCUT2D eigenvalue weighted by Crippen LogP contribution is -2.29. The molecule has 0 amide bonds. The third-order valence-corrected chi connectivity index (χ3v) is 5.01. The summed E-state index contributed by atoms with van der Waals surface area (Å²) in [6.07, 6.45) is 6.28. The van der Waals surface area contributed by atoms with Crippen molar-refractivity contribution in [3.05, 3.63) is 12.4 Å². The summed E-state index contributed by atoms with van der Waals surface area (Å²) in [5.74, 6) is 0. The number of hydrogen-bond acceptors (Lipinski definition) is 4. The molecule has 1 aromatic rings. The Bertz CT molecular complexity index is 534. The van der Waals surface area contributed by atoms with Gasteiger partial charge in [0.25, 0.3) is 0 Å². The average Bonchev–Trinajstić information content (AvgIpc) is 2.96. The number of aromatic nitrogens is 2. The molecular formula is C13H24N4O2S. The Hall–Kier alpha value is -0.920. The molecule has 0 bridgehead atoms. The Balaban J connectivity index is 1.86. The molecule has 1 fully saturated rings. The molecule has 6 nitrogen and oxygen atoms in total. The van der Waals surface area contributed by atoms with Crippen LogP contribution in [0.4, 0.5) is 0 Å². The highest BCUT2D eigenvalue weighted by atomic mass is 32.2. The van der Waals surface area contributed by atoms with Crippen LogP contribution in [0.25, 0.3) is 0 Å². The first kappa shape index (κ1) is 15.5. The van der Waals surface area contributed by atoms with Gasteiger partial charge in [0.05, 0.1) is 12.7 Å². The first-order valence-corrected chi connectivity index (χ1v) is 8.66. The fourth-order valence-corrected chi connectivity index (χ4v) is 3.00. The molecule has 0 saturated heterocycles. The van der Waals surface area contributed by atoms with Crippen LogP contribution in [0.3, 0.4) is 0 Å². The van der Waals surface area contributed by atoms with E-state index in [-0.39, 0.29) is 10.3 Å². The van der Waals surface area contributed by atoms with Crippen LogP contribution in [-0.2, 0) is 16.6 Å². The van der Waals surface area contributed by atoms with Crippen molar-refractivity contribution in [1.82, 2.24) is 19.8 Å². The predicted molar refractivity (Wildman–Crippen MR) is 77.9 cm³/mol. The summed E-state index contributed by atoms with van der Waals surface area (Å²) in [6.45, 7) is 7.15. The molecule has 2 rings (SSSR count). The Morgan fingerprint density at radius 1 is 1.40 bits per heavy atom. The molecule has 0 spiro atoms. The molecule has 0 radical (unpaired) electrons. The third-order valence-electron chi connectivity index (χ3n) is 3.66. The molecule has 1 aromatic heterocycles. The van der Waals surface area contributed by atoms with Crippen LogP contribution in [0.2, 0.25) is 0 Å². The van der Waals surface area contributed by atoms with Crippen LogP contribution in [0.1, 0.15) is 33.1 Å². The molecule has 0 aromatic carbocycles. The van der Waals surface area contributed by atoms with Gasteiger partial charge in [0.1, 0.15) is 4.90 Å². The largest absolute Gasteiger partial charge is 0.315 e. The van der Waals surface area contributed by atoms with Crippen molar-refractivity contribution in [3.8, 4) is 0 Å². The first-order valence-electron chi connectivity index (χ1n) is 7.18. The van der Waals surface area contributed by atoms with Crippen LogP contribution >= 0.6 is 0 Å². The topological polar surface area (TPSA) is 76.0 Å². The summed E-state index contributed by atoms with van der Waals surface area (Å²) >= 11 is 0. The predicted octanol–water partition coefficient (Wildman–Crippen LogP) is 0.961. The average molecular weight is 300 g/mol. The van der Waals surface area contributed by atoms with Gasteiger partial charge in [0.15, 0.2) is 0 Å². The van der Waals surface area contributed by atoms with Gasteiger partial charge in [-0.1, -0.05) is 13.8 Å². The molecule has 114 valence electrons. The number of hydrogen-bond donors (Lipinski definition) is 2. The summed E-state index contributed by atoms with van der Waals surface area (Å²) in [7, 11) is -3.42. The van der Waals surface area contributed by atoms with E-state index in [0.717, 1.165) is 32.4 Å². The van der Waals surface area contributed by atoms with Gasteiger partial charge in [-0.2, -0.15) is 5.10 Å². The van der Waals surface area contributed by atoms with E-state index < -0.39 is 10.0 Å². The van der Waals surface area contributed by atoms with Gasteiger partial charge in [-0.15, -0.1) is 0 Å². The van der Waals surface area contributed by atoms with E-state index in [1.807, 2.05) is 0 Å². The second-order valence-electron chi connectivity index (χ2n) is 5.82. The molecule has 0 atom stereocenters. The van der Waals surface area contributed by atoms with Crippen molar-refractivity contribution in [1.29, 1.82) is 0 Å². The zero-order valence-electron chi connectivity index (χ0n) is 12.2. The van der Waals surface area contributed by atoms with Gasteiger partial charge >= 0.3 is 0 Å². The highest BCUT2D eigenvalue weighted by molar-refractivity contribution is 7.89. The molecule has 1 heterocycles. The van der Waals surface area contributed by atoms with E-state index in [2.05, 4.69) is 29.0 Å². The maximum atomic E-state index is 12.1. The van der Waals surface area contributed by atoms with Crippen LogP contribution in [-0.4, -0.2) is 37.8 Å². The second-order valence-corrected chi connectivity index (χ2v) is 7.59. The fourth-order valence-electron chi connectivity index (χ4n) is 1.84. The number of sulfonamides is 1. The Morgan fingerprint density at radius 3 is 2.80 bits per heavy atom. The summed E-state index contributed by atoms with van der Waals surface area (Å²) in [4.78, 5) is 0.247. The Kier molecular flexibility index (Phi) is 4.82. The molecule has 1 aliphatic carbocycles. The standard InChI is InChI=1S/C13H24N4O2S/c1-3-6-14-7-8-17-10-12(9-15-17)20(18,19)16-11-13(2)4-5-13/h9-10,14,16H,3-8,11H2,1-2H3. The monoisotopic (exact) mass is 300 g/mol. The third kappa shape index (κ3) is 4.29. The molecule has 0 unspecified atom stereocenters. The van der Waals surface area contributed by atoms with E-state index in [1.165, 1.54) is 6.20 Å². The summed E-state index contributed by atoms with van der Waals surface area (Å²) in [6, 6.07) is 0. The van der Waals surface area contributed by atoms with Crippen molar-refractivity contribution >= 4 is 10.0 Å². The van der Waals surface area contributed by atoms with Crippen LogP contribution in [0.5, 0.6) is 0 Å². The second kappa shape index (κ2) is 6.24. The smallest absolute Gasteiger partial charge is 0.243 e. The molecule has 20 heavy (non-hydrogen) atoms. The fraction of sp³-hybridized carbons (Fsp3) is 0.769. The lowest BCUT2D eigenvalue weighted by atomic mass is 10.2. The number of rotatable bonds is 9. The number of nitrogens with one attached hydrogen (secondary N) is 2. The van der Waals surface area contributed by atoms with Crippen LogP contribution in [0, 0.1) is 5.41 Å². The first-order chi connectivity index (χ1) is 9.45. The molecule has 1 aliphatic rings. The van der Waals surface area contributed by atoms with Crippen molar-refractivity contribution in [3.63, 3.8) is 0 Å². The zero-order chi connectivity index (χ0) is 14.6. The Labute approximate surface area is 121 Å². The summed E-state index contributed by atoms with van der Waals surface area (Å²) < 4.78 is 28.6. The van der Waals surface area contributed by atoms with Gasteiger partial charge in [-0.25, -0.2) is 13.1 Å². The minimum absolute atomic E-state index is 0.160. The zero-order valence-corrected chi connectivity index (χ0v) is 13.0. The Morgan fingerprint density at radius 2 is 2.15 bits per heavy atom. The van der Waals surface area contributed by atoms with Crippen LogP contribution < -0.4 is 10.0 Å². The van der Waals surface area contributed by atoms with Gasteiger partial charge in [-0.05, 0) is 31.2 Å². The maximum Gasteiger partial charge on any atom is 0.243 e. The van der Waals surface area contributed by atoms with Crippen LogP contribution in [0.15, 0.2) is 17.3 Å². The molecule has 0 aliphatic heterocycles. The minimum Gasteiger partial charge on any atom is -0.315 e. The minimum atomic E-state index is -3.42. The highest BCUT2D eigenvalue weighted by Crippen LogP contribution is 2.44. The van der Waals surface area contributed by atoms with Gasteiger partial charge in [-0.3, -0.25) is 4.68 Å². The summed E-state index contributed by atoms with van der Waals surface area (Å²) in [5, 5.41) is 7.36. The lowest BCUT2D eigenvalue weighted by Gasteiger charge is -2.09. The quantitative estimate of drug-likeness (QED) is 0.666. The SMILES string of the molecule is CCCNCCn1cc(S(=O)(=O)NCC2(C)CC2)cn1. The van der Waals surface area contributed by atoms with Crippen molar-refractivity contribution < 1.29 is 8.42 Å². The van der Waals surface area contributed by atoms with Gasteiger partial charge < -0.3 is 5.32 Å². The summed E-state index contributed by atoms with van der Waals surface area (Å²) in [5.41, 5.74) is 0.160. The van der Waals surface area contributed by atoms with E-state index in [9.17, 15) is 8.42 Å².